The van der Waals surface area contributed by atoms with Crippen LogP contribution in [0.2, 0.25) is 0 Å². The first kappa shape index (κ1) is 17.9. The predicted molar refractivity (Wildman–Crippen MR) is 93.2 cm³/mol. The van der Waals surface area contributed by atoms with E-state index < -0.39 is 0 Å². The fourth-order valence-corrected chi connectivity index (χ4v) is 3.14. The molecule has 0 bridgehead atoms. The highest BCUT2D eigenvalue weighted by molar-refractivity contribution is 7.09. The highest BCUT2D eigenvalue weighted by Crippen LogP contribution is 2.16. The molecule has 23 heavy (non-hydrogen) atoms. The third-order valence-electron chi connectivity index (χ3n) is 4.01. The summed E-state index contributed by atoms with van der Waals surface area (Å²) in [5.41, 5.74) is -0.348. The zero-order chi connectivity index (χ0) is 16.9. The number of piperidine rings is 1. The highest BCUT2D eigenvalue weighted by atomic mass is 32.1. The summed E-state index contributed by atoms with van der Waals surface area (Å²) < 4.78 is 0. The second-order valence-electron chi connectivity index (χ2n) is 7.13. The molecule has 1 aromatic heterocycles. The molecular weight excluding hydrogens is 310 g/mol. The summed E-state index contributed by atoms with van der Waals surface area (Å²) in [7, 11) is 0. The van der Waals surface area contributed by atoms with Gasteiger partial charge in [-0.1, -0.05) is 26.8 Å². The molecule has 2 heterocycles. The number of likely N-dealkylation sites (tertiary alicyclic amines) is 1. The lowest BCUT2D eigenvalue weighted by Gasteiger charge is -2.33. The summed E-state index contributed by atoms with van der Waals surface area (Å²) >= 11 is 1.65. The Hall–Kier alpha value is -1.40. The van der Waals surface area contributed by atoms with Gasteiger partial charge in [-0.15, -0.1) is 11.3 Å². The van der Waals surface area contributed by atoms with E-state index in [0.29, 0.717) is 13.1 Å². The second-order valence-corrected chi connectivity index (χ2v) is 8.16. The number of thiophene rings is 1. The van der Waals surface area contributed by atoms with E-state index in [9.17, 15) is 9.59 Å². The Bertz CT molecular complexity index is 514. The van der Waals surface area contributed by atoms with Gasteiger partial charge in [-0.05, 0) is 24.3 Å². The molecule has 0 spiro atoms. The standard InChI is InChI=1S/C17H27N3O2S/c1-17(2,3)16(22)19-13-6-8-20(9-7-13)12-15(21)18-11-14-5-4-10-23-14/h4-5,10,13H,6-9,11-12H2,1-3H3,(H,18,21)(H,19,22). The minimum Gasteiger partial charge on any atom is -0.353 e. The molecule has 0 aliphatic carbocycles. The van der Waals surface area contributed by atoms with Gasteiger partial charge in [0.2, 0.25) is 11.8 Å². The molecule has 0 saturated carbocycles. The van der Waals surface area contributed by atoms with Gasteiger partial charge in [-0.3, -0.25) is 14.5 Å². The molecule has 0 unspecified atom stereocenters. The summed E-state index contributed by atoms with van der Waals surface area (Å²) in [6.07, 6.45) is 1.81. The molecule has 128 valence electrons. The first-order chi connectivity index (χ1) is 10.8. The number of carbonyl (C=O) groups excluding carboxylic acids is 2. The summed E-state index contributed by atoms with van der Waals surface area (Å²) in [5, 5.41) is 8.08. The zero-order valence-electron chi connectivity index (χ0n) is 14.2. The Kier molecular flexibility index (Phi) is 6.18. The van der Waals surface area contributed by atoms with Gasteiger partial charge in [0, 0.05) is 29.4 Å². The van der Waals surface area contributed by atoms with Gasteiger partial charge in [0.15, 0.2) is 0 Å². The van der Waals surface area contributed by atoms with Gasteiger partial charge in [0.1, 0.15) is 0 Å². The van der Waals surface area contributed by atoms with Crippen molar-refractivity contribution in [2.24, 2.45) is 5.41 Å². The Morgan fingerprint density at radius 2 is 2.00 bits per heavy atom. The van der Waals surface area contributed by atoms with Gasteiger partial charge in [0.05, 0.1) is 13.1 Å². The van der Waals surface area contributed by atoms with Crippen molar-refractivity contribution in [1.82, 2.24) is 15.5 Å². The first-order valence-electron chi connectivity index (χ1n) is 8.17. The van der Waals surface area contributed by atoms with Gasteiger partial charge < -0.3 is 10.6 Å². The molecule has 1 fully saturated rings. The minimum atomic E-state index is -0.348. The Balaban J connectivity index is 1.66. The molecule has 2 amide bonds. The van der Waals surface area contributed by atoms with E-state index in [1.807, 2.05) is 38.3 Å². The summed E-state index contributed by atoms with van der Waals surface area (Å²) in [4.78, 5) is 27.3. The maximum absolute atomic E-state index is 12.0. The van der Waals surface area contributed by atoms with E-state index in [1.54, 1.807) is 11.3 Å². The van der Waals surface area contributed by atoms with Gasteiger partial charge in [-0.25, -0.2) is 0 Å². The molecule has 2 N–H and O–H groups in total. The number of nitrogens with zero attached hydrogens (tertiary/aromatic N) is 1. The summed E-state index contributed by atoms with van der Waals surface area (Å²) in [6.45, 7) is 8.52. The Labute approximate surface area is 142 Å². The maximum atomic E-state index is 12.0. The largest absolute Gasteiger partial charge is 0.353 e. The lowest BCUT2D eigenvalue weighted by molar-refractivity contribution is -0.130. The van der Waals surface area contributed by atoms with Crippen LogP contribution in [0.25, 0.3) is 0 Å². The van der Waals surface area contributed by atoms with E-state index >= 15 is 0 Å². The van der Waals surface area contributed by atoms with Crippen molar-refractivity contribution in [1.29, 1.82) is 0 Å². The average molecular weight is 337 g/mol. The smallest absolute Gasteiger partial charge is 0.234 e. The highest BCUT2D eigenvalue weighted by Gasteiger charge is 2.26. The van der Waals surface area contributed by atoms with Crippen LogP contribution >= 0.6 is 11.3 Å². The molecule has 0 aromatic carbocycles. The van der Waals surface area contributed by atoms with Crippen LogP contribution in [-0.4, -0.2) is 42.4 Å². The summed E-state index contributed by atoms with van der Waals surface area (Å²) in [5.74, 6) is 0.167. The molecule has 0 atom stereocenters. The SMILES string of the molecule is CC(C)(C)C(=O)NC1CCN(CC(=O)NCc2cccs2)CC1. The molecule has 1 aliphatic heterocycles. The third kappa shape index (κ3) is 5.95. The third-order valence-corrected chi connectivity index (χ3v) is 4.89. The molecule has 1 aliphatic rings. The normalized spacial score (nSPS) is 17.0. The van der Waals surface area contributed by atoms with Crippen LogP contribution in [0, 0.1) is 5.41 Å². The van der Waals surface area contributed by atoms with E-state index in [2.05, 4.69) is 15.5 Å². The summed E-state index contributed by atoms with van der Waals surface area (Å²) in [6, 6.07) is 4.24. The fraction of sp³-hybridized carbons (Fsp3) is 0.647. The molecule has 5 nitrogen and oxygen atoms in total. The van der Waals surface area contributed by atoms with E-state index in [-0.39, 0.29) is 23.3 Å². The molecule has 0 radical (unpaired) electrons. The minimum absolute atomic E-state index is 0.0653. The van der Waals surface area contributed by atoms with Gasteiger partial charge in [-0.2, -0.15) is 0 Å². The van der Waals surface area contributed by atoms with Crippen molar-refractivity contribution < 1.29 is 9.59 Å². The monoisotopic (exact) mass is 337 g/mol. The van der Waals surface area contributed by atoms with Crippen molar-refractivity contribution >= 4 is 23.2 Å². The number of nitrogens with one attached hydrogen (secondary N) is 2. The van der Waals surface area contributed by atoms with Crippen LogP contribution in [-0.2, 0) is 16.1 Å². The van der Waals surface area contributed by atoms with Crippen LogP contribution in [0.15, 0.2) is 17.5 Å². The molecular formula is C17H27N3O2S. The number of carbonyl (C=O) groups is 2. The van der Waals surface area contributed by atoms with Crippen molar-refractivity contribution in [3.63, 3.8) is 0 Å². The Morgan fingerprint density at radius 3 is 2.57 bits per heavy atom. The Morgan fingerprint density at radius 1 is 1.30 bits per heavy atom. The zero-order valence-corrected chi connectivity index (χ0v) is 15.0. The van der Waals surface area contributed by atoms with Gasteiger partial charge >= 0.3 is 0 Å². The molecule has 6 heteroatoms. The molecule has 1 saturated heterocycles. The lowest BCUT2D eigenvalue weighted by Crippen LogP contribution is -2.49. The van der Waals surface area contributed by atoms with Crippen LogP contribution in [0.1, 0.15) is 38.5 Å². The van der Waals surface area contributed by atoms with Crippen LogP contribution in [0.3, 0.4) is 0 Å². The topological polar surface area (TPSA) is 61.4 Å². The van der Waals surface area contributed by atoms with Crippen molar-refractivity contribution in [2.45, 2.75) is 46.2 Å². The second kappa shape index (κ2) is 7.93. The van der Waals surface area contributed by atoms with E-state index in [4.69, 9.17) is 0 Å². The van der Waals surface area contributed by atoms with Gasteiger partial charge in [0.25, 0.3) is 0 Å². The van der Waals surface area contributed by atoms with Crippen LogP contribution < -0.4 is 10.6 Å². The maximum Gasteiger partial charge on any atom is 0.234 e. The number of amides is 2. The van der Waals surface area contributed by atoms with Crippen molar-refractivity contribution in [3.05, 3.63) is 22.4 Å². The number of rotatable bonds is 5. The van der Waals surface area contributed by atoms with E-state index in [0.717, 1.165) is 25.9 Å². The molecule has 1 aromatic rings. The van der Waals surface area contributed by atoms with Crippen molar-refractivity contribution in [2.75, 3.05) is 19.6 Å². The average Bonchev–Trinajstić information content (AvgIpc) is 2.99. The fourth-order valence-electron chi connectivity index (χ4n) is 2.50. The van der Waals surface area contributed by atoms with Crippen molar-refractivity contribution in [3.8, 4) is 0 Å². The first-order valence-corrected chi connectivity index (χ1v) is 9.05. The van der Waals surface area contributed by atoms with Crippen LogP contribution in [0.4, 0.5) is 0 Å². The predicted octanol–water partition coefficient (Wildman–Crippen LogP) is 1.99. The van der Waals surface area contributed by atoms with E-state index in [1.165, 1.54) is 4.88 Å². The molecule has 2 rings (SSSR count). The number of hydrogen-bond donors (Lipinski definition) is 2. The quantitative estimate of drug-likeness (QED) is 0.864. The number of hydrogen-bond acceptors (Lipinski definition) is 4. The van der Waals surface area contributed by atoms with Crippen LogP contribution in [0.5, 0.6) is 0 Å². The lowest BCUT2D eigenvalue weighted by atomic mass is 9.94.